The van der Waals surface area contributed by atoms with Gasteiger partial charge in [0.15, 0.2) is 0 Å². The van der Waals surface area contributed by atoms with Gasteiger partial charge in [-0.15, -0.1) is 0 Å². The summed E-state index contributed by atoms with van der Waals surface area (Å²) in [6.45, 7) is 1.90. The molecule has 0 aliphatic heterocycles. The van der Waals surface area contributed by atoms with E-state index < -0.39 is 10.0 Å². The van der Waals surface area contributed by atoms with Gasteiger partial charge in [0.2, 0.25) is 0 Å². The summed E-state index contributed by atoms with van der Waals surface area (Å²) in [5.41, 5.74) is 2.33. The summed E-state index contributed by atoms with van der Waals surface area (Å²) in [7, 11) is -0.434. The van der Waals surface area contributed by atoms with E-state index in [0.29, 0.717) is 22.9 Å². The maximum Gasteiger partial charge on any atom is 0.311 e. The average molecular weight is 448 g/mol. The zero-order valence-electron chi connectivity index (χ0n) is 16.9. The molecule has 0 aliphatic carbocycles. The van der Waals surface area contributed by atoms with Crippen molar-refractivity contribution in [2.24, 2.45) is 7.05 Å². The number of aryl methyl sites for hydroxylation is 3. The van der Waals surface area contributed by atoms with Crippen LogP contribution in [0.5, 0.6) is 5.75 Å². The predicted octanol–water partition coefficient (Wildman–Crippen LogP) is 3.75. The van der Waals surface area contributed by atoms with Crippen molar-refractivity contribution in [1.29, 1.82) is 0 Å². The van der Waals surface area contributed by atoms with E-state index in [1.165, 1.54) is 31.3 Å². The molecule has 1 heterocycles. The molecule has 0 saturated carbocycles. The number of nitrogens with zero attached hydrogens (tertiary/aromatic N) is 3. The van der Waals surface area contributed by atoms with Crippen molar-refractivity contribution >= 4 is 33.3 Å². The second-order valence-electron chi connectivity index (χ2n) is 6.81. The summed E-state index contributed by atoms with van der Waals surface area (Å²) in [6.07, 6.45) is 2.65. The third kappa shape index (κ3) is 5.01. The van der Waals surface area contributed by atoms with E-state index in [2.05, 4.69) is 5.10 Å². The van der Waals surface area contributed by atoms with Crippen LogP contribution in [0.3, 0.4) is 0 Å². The second-order valence-corrected chi connectivity index (χ2v) is 9.21. The monoisotopic (exact) mass is 447 g/mol. The Labute approximate surface area is 180 Å². The minimum absolute atomic E-state index is 0.135. The van der Waals surface area contributed by atoms with Crippen molar-refractivity contribution in [2.45, 2.75) is 24.7 Å². The number of esters is 1. The maximum atomic E-state index is 12.7. The molecule has 0 aliphatic rings. The molecule has 30 heavy (non-hydrogen) atoms. The number of hydrogen-bond acceptors (Lipinski definition) is 5. The van der Waals surface area contributed by atoms with Crippen LogP contribution in [0.15, 0.2) is 59.6 Å². The Bertz CT molecular complexity index is 1140. The first-order valence-corrected chi connectivity index (χ1v) is 11.0. The van der Waals surface area contributed by atoms with Gasteiger partial charge in [0.25, 0.3) is 10.0 Å². The Morgan fingerprint density at radius 1 is 1.13 bits per heavy atom. The number of rotatable bonds is 7. The van der Waals surface area contributed by atoms with Gasteiger partial charge in [0.05, 0.1) is 22.7 Å². The Balaban J connectivity index is 1.63. The van der Waals surface area contributed by atoms with Crippen molar-refractivity contribution in [2.75, 3.05) is 11.4 Å². The fraction of sp³-hybridized carbons (Fsp3) is 0.238. The zero-order valence-corrected chi connectivity index (χ0v) is 18.4. The highest BCUT2D eigenvalue weighted by Crippen LogP contribution is 2.25. The lowest BCUT2D eigenvalue weighted by Gasteiger charge is -2.19. The SMILES string of the molecule is Cc1nn(C)cc1CCC(=O)Oc1ccc(N(C)S(=O)(=O)c2ccc(Cl)cc2)cc1. The molecule has 2 aromatic carbocycles. The molecular weight excluding hydrogens is 426 g/mol. The number of anilines is 1. The van der Waals surface area contributed by atoms with Gasteiger partial charge in [-0.2, -0.15) is 5.10 Å². The highest BCUT2D eigenvalue weighted by Gasteiger charge is 2.21. The number of halogens is 1. The van der Waals surface area contributed by atoms with Gasteiger partial charge in [0, 0.05) is 25.3 Å². The number of aromatic nitrogens is 2. The summed E-state index contributed by atoms with van der Waals surface area (Å²) >= 11 is 5.83. The lowest BCUT2D eigenvalue weighted by Crippen LogP contribution is -2.26. The van der Waals surface area contributed by atoms with Crippen LogP contribution in [0.4, 0.5) is 5.69 Å². The smallest absolute Gasteiger partial charge is 0.311 e. The predicted molar refractivity (Wildman–Crippen MR) is 115 cm³/mol. The average Bonchev–Trinajstić information content (AvgIpc) is 3.04. The van der Waals surface area contributed by atoms with Crippen molar-refractivity contribution in [3.05, 3.63) is 71.0 Å². The van der Waals surface area contributed by atoms with E-state index in [4.69, 9.17) is 16.3 Å². The van der Waals surface area contributed by atoms with Crippen LogP contribution in [0.25, 0.3) is 0 Å². The van der Waals surface area contributed by atoms with Crippen LogP contribution in [-0.4, -0.2) is 31.2 Å². The Kier molecular flexibility index (Phi) is 6.48. The molecule has 0 radical (unpaired) electrons. The molecule has 0 amide bonds. The molecule has 158 valence electrons. The first kappa shape index (κ1) is 21.9. The van der Waals surface area contributed by atoms with E-state index in [0.717, 1.165) is 15.6 Å². The highest BCUT2D eigenvalue weighted by atomic mass is 35.5. The third-order valence-corrected chi connectivity index (χ3v) is 6.67. The number of hydrogen-bond donors (Lipinski definition) is 0. The highest BCUT2D eigenvalue weighted by molar-refractivity contribution is 7.92. The molecule has 9 heteroatoms. The first-order chi connectivity index (χ1) is 14.2. The minimum atomic E-state index is -3.73. The van der Waals surface area contributed by atoms with Gasteiger partial charge in [-0.3, -0.25) is 13.8 Å². The molecule has 3 aromatic rings. The fourth-order valence-corrected chi connectivity index (χ4v) is 4.26. The number of carbonyl (C=O) groups excluding carboxylic acids is 1. The van der Waals surface area contributed by atoms with Crippen LogP contribution < -0.4 is 9.04 Å². The van der Waals surface area contributed by atoms with Gasteiger partial charge < -0.3 is 4.74 Å². The molecule has 1 aromatic heterocycles. The van der Waals surface area contributed by atoms with Gasteiger partial charge in [-0.25, -0.2) is 8.42 Å². The lowest BCUT2D eigenvalue weighted by molar-refractivity contribution is -0.134. The standard InChI is InChI=1S/C21H22ClN3O4S/c1-15-16(14-24(2)23-15)4-13-21(26)29-19-9-7-18(8-10-19)25(3)30(27,28)20-11-5-17(22)6-12-20/h5-12,14H,4,13H2,1-3H3. The summed E-state index contributed by atoms with van der Waals surface area (Å²) in [6, 6.07) is 12.3. The van der Waals surface area contributed by atoms with Crippen molar-refractivity contribution in [1.82, 2.24) is 9.78 Å². The van der Waals surface area contributed by atoms with Crippen molar-refractivity contribution in [3.8, 4) is 5.75 Å². The van der Waals surface area contributed by atoms with Gasteiger partial charge in [-0.05, 0) is 67.4 Å². The fourth-order valence-electron chi connectivity index (χ4n) is 2.94. The van der Waals surface area contributed by atoms with Gasteiger partial charge >= 0.3 is 5.97 Å². The summed E-state index contributed by atoms with van der Waals surface area (Å²) in [5, 5.41) is 4.71. The summed E-state index contributed by atoms with van der Waals surface area (Å²) in [4.78, 5) is 12.3. The van der Waals surface area contributed by atoms with E-state index in [-0.39, 0.29) is 17.3 Å². The molecule has 3 rings (SSSR count). The van der Waals surface area contributed by atoms with Crippen molar-refractivity contribution in [3.63, 3.8) is 0 Å². The Hall–Kier alpha value is -2.84. The number of sulfonamides is 1. The van der Waals surface area contributed by atoms with Gasteiger partial charge in [0.1, 0.15) is 5.75 Å². The van der Waals surface area contributed by atoms with Crippen LogP contribution in [0.1, 0.15) is 17.7 Å². The van der Waals surface area contributed by atoms with Crippen LogP contribution in [0.2, 0.25) is 5.02 Å². The molecule has 7 nitrogen and oxygen atoms in total. The molecule has 0 N–H and O–H groups in total. The largest absolute Gasteiger partial charge is 0.427 e. The first-order valence-electron chi connectivity index (χ1n) is 9.21. The van der Waals surface area contributed by atoms with Gasteiger partial charge in [-0.1, -0.05) is 11.6 Å². The summed E-state index contributed by atoms with van der Waals surface area (Å²) < 4.78 is 33.7. The zero-order chi connectivity index (χ0) is 21.9. The minimum Gasteiger partial charge on any atom is -0.427 e. The molecule has 0 spiro atoms. The van der Waals surface area contributed by atoms with Crippen LogP contribution in [0, 0.1) is 6.92 Å². The third-order valence-electron chi connectivity index (χ3n) is 4.62. The molecule has 0 bridgehead atoms. The summed E-state index contributed by atoms with van der Waals surface area (Å²) in [5.74, 6) is -0.0166. The quantitative estimate of drug-likeness (QED) is 0.407. The number of ether oxygens (including phenoxy) is 1. The Morgan fingerprint density at radius 3 is 2.33 bits per heavy atom. The number of carbonyl (C=O) groups is 1. The van der Waals surface area contributed by atoms with E-state index >= 15 is 0 Å². The van der Waals surface area contributed by atoms with Crippen LogP contribution >= 0.6 is 11.6 Å². The van der Waals surface area contributed by atoms with E-state index in [1.807, 2.05) is 20.2 Å². The molecular formula is C21H22ClN3O4S. The van der Waals surface area contributed by atoms with E-state index in [9.17, 15) is 13.2 Å². The number of benzene rings is 2. The van der Waals surface area contributed by atoms with Crippen LogP contribution in [-0.2, 0) is 28.3 Å². The topological polar surface area (TPSA) is 81.5 Å². The molecule has 0 fully saturated rings. The molecule has 0 unspecified atom stereocenters. The normalized spacial score (nSPS) is 11.3. The lowest BCUT2D eigenvalue weighted by atomic mass is 10.1. The van der Waals surface area contributed by atoms with Crippen molar-refractivity contribution < 1.29 is 17.9 Å². The van der Waals surface area contributed by atoms with E-state index in [1.54, 1.807) is 28.9 Å². The Morgan fingerprint density at radius 2 is 1.77 bits per heavy atom. The molecule has 0 saturated heterocycles. The molecule has 0 atom stereocenters. The second kappa shape index (κ2) is 8.89. The maximum absolute atomic E-state index is 12.7.